The van der Waals surface area contributed by atoms with Crippen LogP contribution in [0.1, 0.15) is 32.6 Å². The molecule has 0 saturated heterocycles. The maximum absolute atomic E-state index is 11.8. The maximum Gasteiger partial charge on any atom is 0.222 e. The Morgan fingerprint density at radius 1 is 1.12 bits per heavy atom. The molecule has 96 valence electrons. The molecule has 0 rings (SSSR count). The Labute approximate surface area is 99.8 Å². The van der Waals surface area contributed by atoms with Gasteiger partial charge < -0.3 is 15.5 Å². The molecule has 0 saturated carbocycles. The Morgan fingerprint density at radius 2 is 1.81 bits per heavy atom. The lowest BCUT2D eigenvalue weighted by Gasteiger charge is -2.21. The van der Waals surface area contributed by atoms with Crippen LogP contribution in [0.15, 0.2) is 0 Å². The highest BCUT2D eigenvalue weighted by Gasteiger charge is 2.10. The van der Waals surface area contributed by atoms with E-state index in [-0.39, 0.29) is 5.91 Å². The van der Waals surface area contributed by atoms with Crippen LogP contribution in [-0.4, -0.2) is 56.0 Å². The van der Waals surface area contributed by atoms with Crippen LogP contribution in [0.5, 0.6) is 0 Å². The summed E-state index contributed by atoms with van der Waals surface area (Å²) in [5.74, 6) is 0.273. The molecule has 0 fully saturated rings. The molecule has 0 heterocycles. The number of unbranched alkanes of at least 4 members (excludes halogenated alkanes) is 1. The van der Waals surface area contributed by atoms with Gasteiger partial charge in [0.25, 0.3) is 0 Å². The van der Waals surface area contributed by atoms with Crippen LogP contribution >= 0.6 is 0 Å². The van der Waals surface area contributed by atoms with Crippen molar-refractivity contribution in [3.63, 3.8) is 0 Å². The normalized spacial score (nSPS) is 10.8. The number of amides is 1. The first-order valence-electron chi connectivity index (χ1n) is 6.24. The molecule has 0 aromatic heterocycles. The summed E-state index contributed by atoms with van der Waals surface area (Å²) in [6, 6.07) is 0. The van der Waals surface area contributed by atoms with Gasteiger partial charge >= 0.3 is 0 Å². The van der Waals surface area contributed by atoms with Crippen LogP contribution in [0.3, 0.4) is 0 Å². The zero-order chi connectivity index (χ0) is 12.4. The number of carbonyl (C=O) groups excluding carboxylic acids is 1. The first-order valence-corrected chi connectivity index (χ1v) is 6.24. The van der Waals surface area contributed by atoms with Crippen molar-refractivity contribution in [3.05, 3.63) is 0 Å². The third-order valence-electron chi connectivity index (χ3n) is 2.61. The van der Waals surface area contributed by atoms with Gasteiger partial charge in [-0.3, -0.25) is 4.79 Å². The molecule has 0 aromatic carbocycles. The fraction of sp³-hybridized carbons (Fsp3) is 0.917. The molecule has 0 bridgehead atoms. The first kappa shape index (κ1) is 15.4. The van der Waals surface area contributed by atoms with E-state index in [2.05, 4.69) is 19.0 Å². The summed E-state index contributed by atoms with van der Waals surface area (Å²) in [6.07, 6.45) is 3.55. The van der Waals surface area contributed by atoms with Gasteiger partial charge in [-0.1, -0.05) is 0 Å². The van der Waals surface area contributed by atoms with Crippen molar-refractivity contribution in [1.29, 1.82) is 0 Å². The molecule has 0 spiro atoms. The average Bonchev–Trinajstić information content (AvgIpc) is 2.24. The summed E-state index contributed by atoms with van der Waals surface area (Å²) >= 11 is 0. The second kappa shape index (κ2) is 9.60. The van der Waals surface area contributed by atoms with Crippen LogP contribution in [0.25, 0.3) is 0 Å². The van der Waals surface area contributed by atoms with Crippen molar-refractivity contribution in [1.82, 2.24) is 9.80 Å². The van der Waals surface area contributed by atoms with Crippen molar-refractivity contribution in [2.75, 3.05) is 40.3 Å². The summed E-state index contributed by atoms with van der Waals surface area (Å²) in [7, 11) is 4.11. The molecule has 4 nitrogen and oxygen atoms in total. The molecule has 2 N–H and O–H groups in total. The molecule has 0 aliphatic heterocycles. The van der Waals surface area contributed by atoms with E-state index in [0.29, 0.717) is 13.0 Å². The molecule has 4 heteroatoms. The molecule has 16 heavy (non-hydrogen) atoms. The monoisotopic (exact) mass is 229 g/mol. The van der Waals surface area contributed by atoms with Crippen LogP contribution in [0.4, 0.5) is 0 Å². The highest BCUT2D eigenvalue weighted by Crippen LogP contribution is 2.01. The second-order valence-electron chi connectivity index (χ2n) is 4.38. The van der Waals surface area contributed by atoms with Gasteiger partial charge in [-0.05, 0) is 53.4 Å². The molecule has 0 atom stereocenters. The van der Waals surface area contributed by atoms with E-state index in [4.69, 9.17) is 5.73 Å². The number of hydrogen-bond donors (Lipinski definition) is 1. The molecule has 1 amide bonds. The molecule has 0 radical (unpaired) electrons. The Morgan fingerprint density at radius 3 is 2.31 bits per heavy atom. The largest absolute Gasteiger partial charge is 0.343 e. The van der Waals surface area contributed by atoms with Gasteiger partial charge in [0.15, 0.2) is 0 Å². The summed E-state index contributed by atoms with van der Waals surface area (Å²) in [4.78, 5) is 15.9. The predicted octanol–water partition coefficient (Wildman–Crippen LogP) is 0.916. The lowest BCUT2D eigenvalue weighted by molar-refractivity contribution is -0.131. The summed E-state index contributed by atoms with van der Waals surface area (Å²) in [5, 5.41) is 0. The molecular weight excluding hydrogens is 202 g/mol. The van der Waals surface area contributed by atoms with E-state index >= 15 is 0 Å². The minimum atomic E-state index is 0.273. The van der Waals surface area contributed by atoms with Crippen LogP contribution in [0, 0.1) is 0 Å². The molecule has 0 unspecified atom stereocenters. The fourth-order valence-electron chi connectivity index (χ4n) is 1.62. The van der Waals surface area contributed by atoms with E-state index in [0.717, 1.165) is 38.9 Å². The number of hydrogen-bond acceptors (Lipinski definition) is 3. The molecule has 0 aromatic rings. The van der Waals surface area contributed by atoms with Gasteiger partial charge in [-0.25, -0.2) is 0 Å². The van der Waals surface area contributed by atoms with Crippen molar-refractivity contribution in [2.45, 2.75) is 32.6 Å². The topological polar surface area (TPSA) is 49.6 Å². The van der Waals surface area contributed by atoms with Gasteiger partial charge in [0.1, 0.15) is 0 Å². The minimum absolute atomic E-state index is 0.273. The highest BCUT2D eigenvalue weighted by atomic mass is 16.2. The highest BCUT2D eigenvalue weighted by molar-refractivity contribution is 5.76. The van der Waals surface area contributed by atoms with Crippen LogP contribution in [0.2, 0.25) is 0 Å². The van der Waals surface area contributed by atoms with E-state index in [1.165, 1.54) is 0 Å². The van der Waals surface area contributed by atoms with E-state index in [1.54, 1.807) is 0 Å². The van der Waals surface area contributed by atoms with Gasteiger partial charge in [-0.15, -0.1) is 0 Å². The molecular formula is C12H27N3O. The van der Waals surface area contributed by atoms with Crippen molar-refractivity contribution in [2.24, 2.45) is 5.73 Å². The SMILES string of the molecule is CCN(CCCN(C)C)C(=O)CCCCN. The smallest absolute Gasteiger partial charge is 0.222 e. The lowest BCUT2D eigenvalue weighted by atomic mass is 10.2. The number of rotatable bonds is 9. The van der Waals surface area contributed by atoms with Gasteiger partial charge in [-0.2, -0.15) is 0 Å². The quantitative estimate of drug-likeness (QED) is 0.598. The molecule has 0 aliphatic rings. The summed E-state index contributed by atoms with van der Waals surface area (Å²) in [5.41, 5.74) is 5.41. The third kappa shape index (κ3) is 7.65. The Bertz CT molecular complexity index is 183. The standard InChI is InChI=1S/C12H27N3O/c1-4-15(11-7-10-14(2)3)12(16)8-5-6-9-13/h4-11,13H2,1-3H3. The Kier molecular flexibility index (Phi) is 9.24. The van der Waals surface area contributed by atoms with Crippen molar-refractivity contribution >= 4 is 5.91 Å². The lowest BCUT2D eigenvalue weighted by Crippen LogP contribution is -2.33. The van der Waals surface area contributed by atoms with E-state index < -0.39 is 0 Å². The average molecular weight is 229 g/mol. The fourth-order valence-corrected chi connectivity index (χ4v) is 1.62. The predicted molar refractivity (Wildman–Crippen MR) is 68.3 cm³/mol. The molecule has 0 aliphatic carbocycles. The maximum atomic E-state index is 11.8. The zero-order valence-corrected chi connectivity index (χ0v) is 11.0. The second-order valence-corrected chi connectivity index (χ2v) is 4.38. The number of nitrogens with two attached hydrogens (primary N) is 1. The van der Waals surface area contributed by atoms with Crippen LogP contribution in [-0.2, 0) is 4.79 Å². The van der Waals surface area contributed by atoms with Gasteiger partial charge in [0, 0.05) is 19.5 Å². The zero-order valence-electron chi connectivity index (χ0n) is 11.0. The van der Waals surface area contributed by atoms with Crippen LogP contribution < -0.4 is 5.73 Å². The Hall–Kier alpha value is -0.610. The van der Waals surface area contributed by atoms with Crippen molar-refractivity contribution in [3.8, 4) is 0 Å². The minimum Gasteiger partial charge on any atom is -0.343 e. The van der Waals surface area contributed by atoms with Gasteiger partial charge in [0.2, 0.25) is 5.91 Å². The first-order chi connectivity index (χ1) is 7.61. The Balaban J connectivity index is 3.74. The summed E-state index contributed by atoms with van der Waals surface area (Å²) in [6.45, 7) is 5.44. The summed E-state index contributed by atoms with van der Waals surface area (Å²) < 4.78 is 0. The van der Waals surface area contributed by atoms with Crippen molar-refractivity contribution < 1.29 is 4.79 Å². The number of nitrogens with zero attached hydrogens (tertiary/aromatic N) is 2. The van der Waals surface area contributed by atoms with E-state index in [1.807, 2.05) is 11.8 Å². The van der Waals surface area contributed by atoms with Gasteiger partial charge in [0.05, 0.1) is 0 Å². The third-order valence-corrected chi connectivity index (χ3v) is 2.61. The van der Waals surface area contributed by atoms with E-state index in [9.17, 15) is 4.79 Å². The number of carbonyl (C=O) groups is 1.